The van der Waals surface area contributed by atoms with Gasteiger partial charge >= 0.3 is 0 Å². The monoisotopic (exact) mass is 343 g/mol. The summed E-state index contributed by atoms with van der Waals surface area (Å²) in [6.07, 6.45) is 2.31. The van der Waals surface area contributed by atoms with Gasteiger partial charge in [0.05, 0.1) is 0 Å². The van der Waals surface area contributed by atoms with E-state index in [1.807, 2.05) is 18.4 Å². The lowest BCUT2D eigenvalue weighted by molar-refractivity contribution is 0.794. The van der Waals surface area contributed by atoms with Gasteiger partial charge in [-0.25, -0.2) is 0 Å². The number of thioether (sulfide) groups is 1. The molecule has 0 bridgehead atoms. The highest BCUT2D eigenvalue weighted by Gasteiger charge is 2.13. The third-order valence-corrected chi connectivity index (χ3v) is 5.78. The Balaban J connectivity index is 1.73. The summed E-state index contributed by atoms with van der Waals surface area (Å²) < 4.78 is 2.10. The predicted octanol–water partition coefficient (Wildman–Crippen LogP) is 5.10. The Morgan fingerprint density at radius 1 is 1.22 bits per heavy atom. The van der Waals surface area contributed by atoms with E-state index in [1.165, 1.54) is 28.0 Å². The Hall–Kier alpha value is -1.59. The zero-order valence-electron chi connectivity index (χ0n) is 13.7. The average Bonchev–Trinajstić information content (AvgIpc) is 3.13. The molecule has 3 nitrogen and oxygen atoms in total. The number of nitrogens with zero attached hydrogens (tertiary/aromatic N) is 3. The number of hydrogen-bond acceptors (Lipinski definition) is 4. The fourth-order valence-corrected chi connectivity index (χ4v) is 4.34. The van der Waals surface area contributed by atoms with Crippen LogP contribution in [0.4, 0.5) is 0 Å². The lowest BCUT2D eigenvalue weighted by Crippen LogP contribution is -1.94. The minimum absolute atomic E-state index is 0.915. The van der Waals surface area contributed by atoms with Gasteiger partial charge in [-0.3, -0.25) is 0 Å². The van der Waals surface area contributed by atoms with Crippen molar-refractivity contribution in [1.82, 2.24) is 14.8 Å². The maximum absolute atomic E-state index is 4.39. The molecule has 1 aromatic carbocycles. The molecule has 0 spiro atoms. The Morgan fingerprint density at radius 2 is 2.09 bits per heavy atom. The number of thiophene rings is 1. The quantitative estimate of drug-likeness (QED) is 0.584. The van der Waals surface area contributed by atoms with E-state index in [4.69, 9.17) is 0 Å². The first-order chi connectivity index (χ1) is 11.2. The third kappa shape index (κ3) is 3.85. The number of hydrogen-bond donors (Lipinski definition) is 0. The molecule has 2 heterocycles. The van der Waals surface area contributed by atoms with Gasteiger partial charge in [0.25, 0.3) is 0 Å². The molecule has 0 aliphatic carbocycles. The van der Waals surface area contributed by atoms with E-state index >= 15 is 0 Å². The van der Waals surface area contributed by atoms with E-state index in [0.29, 0.717) is 0 Å². The van der Waals surface area contributed by atoms with Crippen LogP contribution in [-0.4, -0.2) is 14.8 Å². The predicted molar refractivity (Wildman–Crippen MR) is 99.1 cm³/mol. The summed E-state index contributed by atoms with van der Waals surface area (Å²) in [6.45, 7) is 4.33. The number of benzene rings is 1. The first kappa shape index (κ1) is 16.3. The molecule has 3 rings (SSSR count). The summed E-state index contributed by atoms with van der Waals surface area (Å²) in [7, 11) is 2.05. The highest BCUT2D eigenvalue weighted by Crippen LogP contribution is 2.28. The summed E-state index contributed by atoms with van der Waals surface area (Å²) in [5, 5.41) is 11.9. The molecular formula is C18H21N3S2. The number of rotatable bonds is 6. The lowest BCUT2D eigenvalue weighted by Gasteiger charge is -2.04. The molecule has 120 valence electrons. The van der Waals surface area contributed by atoms with Crippen molar-refractivity contribution in [3.8, 4) is 11.4 Å². The second kappa shape index (κ2) is 7.32. The van der Waals surface area contributed by atoms with E-state index in [9.17, 15) is 0 Å². The lowest BCUT2D eigenvalue weighted by atomic mass is 10.2. The maximum Gasteiger partial charge on any atom is 0.191 e. The van der Waals surface area contributed by atoms with Crippen molar-refractivity contribution in [3.63, 3.8) is 0 Å². The van der Waals surface area contributed by atoms with Crippen molar-refractivity contribution in [2.75, 3.05) is 0 Å². The van der Waals surface area contributed by atoms with Crippen molar-refractivity contribution in [2.24, 2.45) is 7.05 Å². The molecule has 5 heteroatoms. The van der Waals surface area contributed by atoms with E-state index in [-0.39, 0.29) is 0 Å². The molecule has 3 aromatic rings. The number of aryl methyl sites for hydroxylation is 2. The first-order valence-electron chi connectivity index (χ1n) is 7.83. The van der Waals surface area contributed by atoms with Crippen molar-refractivity contribution in [2.45, 2.75) is 37.6 Å². The summed E-state index contributed by atoms with van der Waals surface area (Å²) >= 11 is 3.54. The number of aromatic nitrogens is 3. The van der Waals surface area contributed by atoms with Crippen molar-refractivity contribution in [1.29, 1.82) is 0 Å². The molecule has 0 amide bonds. The zero-order valence-corrected chi connectivity index (χ0v) is 15.4. The van der Waals surface area contributed by atoms with Gasteiger partial charge in [-0.15, -0.1) is 21.5 Å². The van der Waals surface area contributed by atoms with E-state index in [1.54, 1.807) is 11.8 Å². The molecule has 0 N–H and O–H groups in total. The Bertz CT molecular complexity index is 789. The Morgan fingerprint density at radius 3 is 2.87 bits per heavy atom. The van der Waals surface area contributed by atoms with Crippen molar-refractivity contribution in [3.05, 3.63) is 51.7 Å². The Kier molecular flexibility index (Phi) is 5.18. The molecule has 0 aliphatic heterocycles. The SMILES string of the molecule is CCCc1cc(-c2nnc(SCc3cccc(C)c3)n2C)cs1. The van der Waals surface area contributed by atoms with Gasteiger partial charge in [0.1, 0.15) is 0 Å². The fraction of sp³-hybridized carbons (Fsp3) is 0.333. The molecule has 0 saturated heterocycles. The van der Waals surface area contributed by atoms with Crippen LogP contribution in [0.3, 0.4) is 0 Å². The third-order valence-electron chi connectivity index (χ3n) is 3.69. The second-order valence-electron chi connectivity index (χ2n) is 5.69. The van der Waals surface area contributed by atoms with Crippen LogP contribution in [0.5, 0.6) is 0 Å². The molecule has 2 aromatic heterocycles. The molecule has 0 unspecified atom stereocenters. The van der Waals surface area contributed by atoms with E-state index in [0.717, 1.165) is 23.2 Å². The highest BCUT2D eigenvalue weighted by molar-refractivity contribution is 7.98. The molecule has 0 atom stereocenters. The smallest absolute Gasteiger partial charge is 0.191 e. The summed E-state index contributed by atoms with van der Waals surface area (Å²) in [6, 6.07) is 10.9. The minimum Gasteiger partial charge on any atom is -0.305 e. The van der Waals surface area contributed by atoms with Crippen LogP contribution in [0.2, 0.25) is 0 Å². The molecule has 0 fully saturated rings. The molecule has 23 heavy (non-hydrogen) atoms. The molecule has 0 saturated carbocycles. The van der Waals surface area contributed by atoms with Crippen LogP contribution in [-0.2, 0) is 19.2 Å². The summed E-state index contributed by atoms with van der Waals surface area (Å²) in [5.41, 5.74) is 3.79. The van der Waals surface area contributed by atoms with Gasteiger partial charge in [-0.05, 0) is 25.0 Å². The average molecular weight is 344 g/mol. The van der Waals surface area contributed by atoms with Gasteiger partial charge in [0.2, 0.25) is 0 Å². The Labute approximate surface area is 145 Å². The van der Waals surface area contributed by atoms with Gasteiger partial charge in [-0.2, -0.15) is 0 Å². The standard InChI is InChI=1S/C18H21N3S2/c1-4-6-16-10-15(12-22-16)17-19-20-18(21(17)3)23-11-14-8-5-7-13(2)9-14/h5,7-10,12H,4,6,11H2,1-3H3. The molecule has 0 aliphatic rings. The van der Waals surface area contributed by atoms with Crippen LogP contribution < -0.4 is 0 Å². The van der Waals surface area contributed by atoms with Crippen LogP contribution in [0.1, 0.15) is 29.3 Å². The highest BCUT2D eigenvalue weighted by atomic mass is 32.2. The fourth-order valence-electron chi connectivity index (χ4n) is 2.52. The van der Waals surface area contributed by atoms with Gasteiger partial charge < -0.3 is 4.57 Å². The summed E-state index contributed by atoms with van der Waals surface area (Å²) in [4.78, 5) is 1.42. The van der Waals surface area contributed by atoms with E-state index < -0.39 is 0 Å². The van der Waals surface area contributed by atoms with Crippen LogP contribution >= 0.6 is 23.1 Å². The van der Waals surface area contributed by atoms with Gasteiger partial charge in [0.15, 0.2) is 11.0 Å². The molecular weight excluding hydrogens is 322 g/mol. The van der Waals surface area contributed by atoms with Crippen molar-refractivity contribution >= 4 is 23.1 Å². The first-order valence-corrected chi connectivity index (χ1v) is 9.69. The van der Waals surface area contributed by atoms with Crippen LogP contribution in [0.15, 0.2) is 40.9 Å². The van der Waals surface area contributed by atoms with Gasteiger partial charge in [-0.1, -0.05) is 54.9 Å². The largest absolute Gasteiger partial charge is 0.305 e. The van der Waals surface area contributed by atoms with Crippen molar-refractivity contribution < 1.29 is 0 Å². The topological polar surface area (TPSA) is 30.7 Å². The van der Waals surface area contributed by atoms with Gasteiger partial charge in [0, 0.05) is 28.6 Å². The van der Waals surface area contributed by atoms with E-state index in [2.05, 4.69) is 64.3 Å². The minimum atomic E-state index is 0.915. The second-order valence-corrected chi connectivity index (χ2v) is 7.63. The zero-order chi connectivity index (χ0) is 16.2. The molecule has 0 radical (unpaired) electrons. The van der Waals surface area contributed by atoms with Crippen LogP contribution in [0, 0.1) is 6.92 Å². The maximum atomic E-state index is 4.39. The normalized spacial score (nSPS) is 11.1. The summed E-state index contributed by atoms with van der Waals surface area (Å²) in [5.74, 6) is 1.87. The van der Waals surface area contributed by atoms with Crippen LogP contribution in [0.25, 0.3) is 11.4 Å².